The van der Waals surface area contributed by atoms with Gasteiger partial charge in [0.1, 0.15) is 5.69 Å². The van der Waals surface area contributed by atoms with Gasteiger partial charge in [0, 0.05) is 18.9 Å². The molecule has 2 heterocycles. The maximum absolute atomic E-state index is 12.4. The average Bonchev–Trinajstić information content (AvgIpc) is 2.76. The van der Waals surface area contributed by atoms with Crippen molar-refractivity contribution >= 4 is 21.7 Å². The van der Waals surface area contributed by atoms with Crippen molar-refractivity contribution < 1.29 is 30.6 Å². The lowest BCUT2D eigenvalue weighted by atomic mass is 10.1. The van der Waals surface area contributed by atoms with E-state index in [9.17, 15) is 26.4 Å². The van der Waals surface area contributed by atoms with Crippen LogP contribution < -0.4 is 4.90 Å². The highest BCUT2D eigenvalue weighted by Gasteiger charge is 2.34. The predicted molar refractivity (Wildman–Crippen MR) is 70.5 cm³/mol. The molecule has 1 aromatic rings. The highest BCUT2D eigenvalue weighted by atomic mass is 32.2. The fourth-order valence-corrected chi connectivity index (χ4v) is 2.52. The van der Waals surface area contributed by atoms with Gasteiger partial charge in [-0.3, -0.25) is 8.98 Å². The zero-order chi connectivity index (χ0) is 16.5. The molecule has 0 spiro atoms. The number of hydrogen-bond donors (Lipinski definition) is 0. The average molecular weight is 338 g/mol. The van der Waals surface area contributed by atoms with E-state index < -0.39 is 22.0 Å². The summed E-state index contributed by atoms with van der Waals surface area (Å²) in [5.41, 5.74) is -0.806. The standard InChI is InChI=1S/C12H13F3N2O4S/c1-22(19,20)21-7-8-4-11(18)17(6-8)9-2-3-10(16-5-9)12(13,14)15/h2-3,5,8H,4,6-7H2,1H3. The summed E-state index contributed by atoms with van der Waals surface area (Å²) in [6.07, 6.45) is -2.60. The van der Waals surface area contributed by atoms with Crippen LogP contribution in [0.25, 0.3) is 0 Å². The van der Waals surface area contributed by atoms with Gasteiger partial charge in [0.2, 0.25) is 5.91 Å². The molecule has 0 aliphatic carbocycles. The van der Waals surface area contributed by atoms with Crippen LogP contribution in [-0.4, -0.2) is 38.7 Å². The van der Waals surface area contributed by atoms with Gasteiger partial charge in [-0.2, -0.15) is 21.6 Å². The van der Waals surface area contributed by atoms with Crippen LogP contribution in [0.2, 0.25) is 0 Å². The van der Waals surface area contributed by atoms with Crippen LogP contribution >= 0.6 is 0 Å². The van der Waals surface area contributed by atoms with E-state index in [2.05, 4.69) is 9.17 Å². The number of carbonyl (C=O) groups excluding carboxylic acids is 1. The normalized spacial score (nSPS) is 19.7. The largest absolute Gasteiger partial charge is 0.433 e. The molecule has 1 fully saturated rings. The third-order valence-electron chi connectivity index (χ3n) is 3.07. The van der Waals surface area contributed by atoms with Gasteiger partial charge in [-0.15, -0.1) is 0 Å². The van der Waals surface area contributed by atoms with Crippen molar-refractivity contribution in [2.75, 3.05) is 24.3 Å². The molecule has 2 rings (SSSR count). The number of alkyl halides is 3. The molecule has 0 N–H and O–H groups in total. The summed E-state index contributed by atoms with van der Waals surface area (Å²) in [5.74, 6) is -0.659. The van der Waals surface area contributed by atoms with Crippen LogP contribution in [0.5, 0.6) is 0 Å². The monoisotopic (exact) mass is 338 g/mol. The number of halogens is 3. The second kappa shape index (κ2) is 5.84. The number of carbonyl (C=O) groups is 1. The molecule has 1 aliphatic rings. The molecule has 0 bridgehead atoms. The Morgan fingerprint density at radius 2 is 2.09 bits per heavy atom. The summed E-state index contributed by atoms with van der Waals surface area (Å²) >= 11 is 0. The lowest BCUT2D eigenvalue weighted by Gasteiger charge is -2.17. The maximum Gasteiger partial charge on any atom is 0.433 e. The number of aromatic nitrogens is 1. The van der Waals surface area contributed by atoms with Gasteiger partial charge in [0.25, 0.3) is 10.1 Å². The van der Waals surface area contributed by atoms with Gasteiger partial charge < -0.3 is 4.90 Å². The summed E-state index contributed by atoms with van der Waals surface area (Å²) in [7, 11) is -3.60. The Morgan fingerprint density at radius 3 is 2.59 bits per heavy atom. The fourth-order valence-electron chi connectivity index (χ4n) is 2.08. The second-order valence-corrected chi connectivity index (χ2v) is 6.61. The molecule has 0 radical (unpaired) electrons. The summed E-state index contributed by atoms with van der Waals surface area (Å²) in [6, 6.07) is 1.95. The van der Waals surface area contributed by atoms with Gasteiger partial charge >= 0.3 is 6.18 Å². The number of amides is 1. The fraction of sp³-hybridized carbons (Fsp3) is 0.500. The molecule has 10 heteroatoms. The molecule has 122 valence electrons. The number of hydrogen-bond acceptors (Lipinski definition) is 5. The number of pyridine rings is 1. The van der Waals surface area contributed by atoms with Gasteiger partial charge in [-0.25, -0.2) is 4.98 Å². The summed E-state index contributed by atoms with van der Waals surface area (Å²) in [6.45, 7) is 0.0243. The third kappa shape index (κ3) is 4.17. The molecule has 1 unspecified atom stereocenters. The third-order valence-corrected chi connectivity index (χ3v) is 3.64. The Labute approximate surface area is 125 Å². The maximum atomic E-state index is 12.4. The predicted octanol–water partition coefficient (Wildman–Crippen LogP) is 1.43. The SMILES string of the molecule is CS(=O)(=O)OCC1CC(=O)N(c2ccc(C(F)(F)F)nc2)C1. The molecule has 1 atom stereocenters. The molecule has 0 saturated carbocycles. The van der Waals surface area contributed by atoms with E-state index in [-0.39, 0.29) is 37.1 Å². The molecule has 6 nitrogen and oxygen atoms in total. The van der Waals surface area contributed by atoms with E-state index in [1.165, 1.54) is 4.90 Å². The minimum atomic E-state index is -4.54. The van der Waals surface area contributed by atoms with Crippen LogP contribution in [0, 0.1) is 5.92 Å². The van der Waals surface area contributed by atoms with Crippen molar-refractivity contribution in [3.8, 4) is 0 Å². The summed E-state index contributed by atoms with van der Waals surface area (Å²) < 4.78 is 63.8. The van der Waals surface area contributed by atoms with Crippen molar-refractivity contribution in [1.82, 2.24) is 4.98 Å². The van der Waals surface area contributed by atoms with Gasteiger partial charge in [0.05, 0.1) is 24.7 Å². The lowest BCUT2D eigenvalue weighted by Crippen LogP contribution is -2.25. The van der Waals surface area contributed by atoms with Crippen molar-refractivity contribution in [1.29, 1.82) is 0 Å². The molecule has 1 aromatic heterocycles. The Morgan fingerprint density at radius 1 is 1.41 bits per heavy atom. The van der Waals surface area contributed by atoms with Crippen molar-refractivity contribution in [3.05, 3.63) is 24.0 Å². The van der Waals surface area contributed by atoms with Crippen LogP contribution in [-0.2, 0) is 25.3 Å². The number of rotatable bonds is 4. The van der Waals surface area contributed by atoms with Crippen LogP contribution in [0.4, 0.5) is 18.9 Å². The van der Waals surface area contributed by atoms with Gasteiger partial charge in [-0.05, 0) is 12.1 Å². The van der Waals surface area contributed by atoms with E-state index >= 15 is 0 Å². The molecule has 1 amide bonds. The number of anilines is 1. The Balaban J connectivity index is 2.05. The smallest absolute Gasteiger partial charge is 0.311 e. The first-order valence-electron chi connectivity index (χ1n) is 6.24. The second-order valence-electron chi connectivity index (χ2n) is 4.96. The molecule has 1 aliphatic heterocycles. The first-order valence-corrected chi connectivity index (χ1v) is 8.06. The minimum absolute atomic E-state index is 0.0660. The summed E-state index contributed by atoms with van der Waals surface area (Å²) in [5, 5.41) is 0. The molecule has 0 aromatic carbocycles. The minimum Gasteiger partial charge on any atom is -0.311 e. The quantitative estimate of drug-likeness (QED) is 0.776. The highest BCUT2D eigenvalue weighted by molar-refractivity contribution is 7.85. The first kappa shape index (κ1) is 16.7. The zero-order valence-corrected chi connectivity index (χ0v) is 12.3. The zero-order valence-electron chi connectivity index (χ0n) is 11.5. The van der Waals surface area contributed by atoms with E-state index in [1.54, 1.807) is 0 Å². The van der Waals surface area contributed by atoms with E-state index in [0.717, 1.165) is 24.6 Å². The molecular weight excluding hydrogens is 325 g/mol. The van der Waals surface area contributed by atoms with E-state index in [0.29, 0.717) is 0 Å². The van der Waals surface area contributed by atoms with Gasteiger partial charge in [0.15, 0.2) is 0 Å². The topological polar surface area (TPSA) is 76.6 Å². The summed E-state index contributed by atoms with van der Waals surface area (Å²) in [4.78, 5) is 16.4. The Kier molecular flexibility index (Phi) is 4.43. The Hall–Kier alpha value is -1.68. The van der Waals surface area contributed by atoms with Crippen molar-refractivity contribution in [2.24, 2.45) is 5.92 Å². The first-order chi connectivity index (χ1) is 10.1. The van der Waals surface area contributed by atoms with Crippen LogP contribution in [0.15, 0.2) is 18.3 Å². The lowest BCUT2D eigenvalue weighted by molar-refractivity contribution is -0.141. The number of nitrogens with zero attached hydrogens (tertiary/aromatic N) is 2. The van der Waals surface area contributed by atoms with E-state index in [4.69, 9.17) is 0 Å². The molecular formula is C12H13F3N2O4S. The Bertz CT molecular complexity index is 658. The van der Waals surface area contributed by atoms with Crippen LogP contribution in [0.3, 0.4) is 0 Å². The molecule has 22 heavy (non-hydrogen) atoms. The van der Waals surface area contributed by atoms with Gasteiger partial charge in [-0.1, -0.05) is 0 Å². The van der Waals surface area contributed by atoms with Crippen LogP contribution in [0.1, 0.15) is 12.1 Å². The van der Waals surface area contributed by atoms with Crippen molar-refractivity contribution in [2.45, 2.75) is 12.6 Å². The van der Waals surface area contributed by atoms with E-state index in [1.807, 2.05) is 0 Å². The molecule has 1 saturated heterocycles. The van der Waals surface area contributed by atoms with Crippen molar-refractivity contribution in [3.63, 3.8) is 0 Å². The highest BCUT2D eigenvalue weighted by Crippen LogP contribution is 2.30.